The fraction of sp³-hybridized carbons (Fsp3) is 0.375. The number of aromatic amines is 1. The lowest BCUT2D eigenvalue weighted by Gasteiger charge is -2.33. The zero-order valence-corrected chi connectivity index (χ0v) is 11.8. The quantitative estimate of drug-likeness (QED) is 0.827. The van der Waals surface area contributed by atoms with Crippen LogP contribution in [0, 0.1) is 0 Å². The molecule has 3 rings (SSSR count). The van der Waals surface area contributed by atoms with Gasteiger partial charge >= 0.3 is 0 Å². The molecule has 0 spiro atoms. The highest BCUT2D eigenvalue weighted by molar-refractivity contribution is 5.87. The van der Waals surface area contributed by atoms with Crippen LogP contribution in [0.5, 0.6) is 0 Å². The maximum absolute atomic E-state index is 12.4. The monoisotopic (exact) mass is 255 g/mol. The van der Waals surface area contributed by atoms with Crippen molar-refractivity contribution < 1.29 is 5.21 Å². The van der Waals surface area contributed by atoms with Crippen LogP contribution in [0.4, 0.5) is 0 Å². The van der Waals surface area contributed by atoms with Gasteiger partial charge in [0.15, 0.2) is 0 Å². The molecule has 2 aromatic rings. The van der Waals surface area contributed by atoms with E-state index < -0.39 is 11.1 Å². The summed E-state index contributed by atoms with van der Waals surface area (Å²) in [6, 6.07) is 10.3. The van der Waals surface area contributed by atoms with Crippen molar-refractivity contribution in [3.05, 3.63) is 42.1 Å². The van der Waals surface area contributed by atoms with Crippen molar-refractivity contribution >= 4 is 16.5 Å². The first-order valence-corrected chi connectivity index (χ1v) is 6.61. The van der Waals surface area contributed by atoms with Gasteiger partial charge in [-0.25, -0.2) is 0 Å². The van der Waals surface area contributed by atoms with E-state index in [0.29, 0.717) is 0 Å². The van der Waals surface area contributed by atoms with Gasteiger partial charge in [0.05, 0.1) is 11.1 Å². The summed E-state index contributed by atoms with van der Waals surface area (Å²) >= 11 is 0. The van der Waals surface area contributed by atoms with Crippen molar-refractivity contribution in [2.75, 3.05) is 0 Å². The Hall–Kier alpha value is -1.58. The minimum Gasteiger partial charge on any atom is -0.355 e. The van der Waals surface area contributed by atoms with E-state index in [2.05, 4.69) is 29.3 Å². The molecule has 3 nitrogen and oxygen atoms in total. The molecule has 1 aliphatic heterocycles. The number of nitrogens with one attached hydrogen (secondary N) is 1. The molecule has 0 unspecified atom stereocenters. The van der Waals surface area contributed by atoms with E-state index in [1.165, 1.54) is 10.4 Å². The van der Waals surface area contributed by atoms with Crippen LogP contribution in [0.2, 0.25) is 0 Å². The second kappa shape index (κ2) is 3.71. The van der Waals surface area contributed by atoms with Gasteiger partial charge in [-0.15, -0.1) is 10.3 Å². The fourth-order valence-electron chi connectivity index (χ4n) is 3.04. The molecule has 3 heteroatoms. The topological polar surface area (TPSA) is 38.9 Å². The molecule has 19 heavy (non-hydrogen) atoms. The van der Waals surface area contributed by atoms with Crippen LogP contribution >= 0.6 is 0 Å². The summed E-state index contributed by atoms with van der Waals surface area (Å²) in [7, 11) is 0. The Morgan fingerprint density at radius 1 is 1.11 bits per heavy atom. The highest BCUT2D eigenvalue weighted by Crippen LogP contribution is 2.43. The van der Waals surface area contributed by atoms with E-state index in [1.807, 2.05) is 39.8 Å². The first-order chi connectivity index (χ1) is 8.82. The maximum Gasteiger partial charge on any atom is 0.0713 e. The van der Waals surface area contributed by atoms with E-state index in [0.717, 1.165) is 16.8 Å². The number of nitrogens with zero attached hydrogens (tertiary/aromatic N) is 1. The minimum absolute atomic E-state index is 0.462. The Balaban J connectivity index is 2.16. The van der Waals surface area contributed by atoms with E-state index in [9.17, 15) is 5.21 Å². The average Bonchev–Trinajstić information content (AvgIpc) is 2.83. The Morgan fingerprint density at radius 3 is 2.37 bits per heavy atom. The molecule has 1 radical (unpaired) electrons. The van der Waals surface area contributed by atoms with Crippen LogP contribution in [0.25, 0.3) is 16.5 Å². The van der Waals surface area contributed by atoms with Gasteiger partial charge in [0, 0.05) is 11.2 Å². The standard InChI is InChI=1S/C16H19N2O/c1-15(2)10-12(16(3,4)18(15)19)14-9-11-7-5-6-8-13(11)17-14/h5-10,17H,1-4H3. The first kappa shape index (κ1) is 12.5. The number of aromatic nitrogens is 1. The zero-order valence-electron chi connectivity index (χ0n) is 11.8. The fourth-order valence-corrected chi connectivity index (χ4v) is 3.04. The summed E-state index contributed by atoms with van der Waals surface area (Å²) in [4.78, 5) is 3.42. The predicted molar refractivity (Wildman–Crippen MR) is 77.0 cm³/mol. The van der Waals surface area contributed by atoms with Crippen molar-refractivity contribution in [1.82, 2.24) is 10.0 Å². The van der Waals surface area contributed by atoms with Gasteiger partial charge in [0.1, 0.15) is 0 Å². The molecule has 1 aromatic carbocycles. The smallest absolute Gasteiger partial charge is 0.0713 e. The van der Waals surface area contributed by atoms with Gasteiger partial charge in [0.25, 0.3) is 0 Å². The SMILES string of the molecule is CC1(C)C=C(c2cc3ccccc3[nH]2)C(C)(C)N1[O]. The largest absolute Gasteiger partial charge is 0.355 e. The van der Waals surface area contributed by atoms with Crippen LogP contribution in [0.3, 0.4) is 0 Å². The van der Waals surface area contributed by atoms with E-state index in [4.69, 9.17) is 0 Å². The molecule has 0 saturated heterocycles. The number of fused-ring (bicyclic) bond motifs is 1. The summed E-state index contributed by atoms with van der Waals surface area (Å²) in [5.74, 6) is 0. The van der Waals surface area contributed by atoms with Gasteiger partial charge in [-0.05, 0) is 50.8 Å². The van der Waals surface area contributed by atoms with Gasteiger partial charge in [-0.2, -0.15) is 0 Å². The molecule has 1 aliphatic rings. The third-order valence-corrected chi connectivity index (χ3v) is 4.01. The zero-order chi connectivity index (χ0) is 13.8. The minimum atomic E-state index is -0.510. The Bertz CT molecular complexity index is 631. The molecule has 0 amide bonds. The highest BCUT2D eigenvalue weighted by atomic mass is 16.5. The summed E-state index contributed by atoms with van der Waals surface area (Å²) in [5.41, 5.74) is 2.25. The number of hydrogen-bond acceptors (Lipinski definition) is 1. The van der Waals surface area contributed by atoms with Crippen molar-refractivity contribution in [3.8, 4) is 0 Å². The number of para-hydroxylation sites is 1. The summed E-state index contributed by atoms with van der Waals surface area (Å²) in [6.07, 6.45) is 2.07. The third-order valence-electron chi connectivity index (χ3n) is 4.01. The molecular weight excluding hydrogens is 236 g/mol. The highest BCUT2D eigenvalue weighted by Gasteiger charge is 2.47. The van der Waals surface area contributed by atoms with E-state index in [-0.39, 0.29) is 0 Å². The molecule has 99 valence electrons. The van der Waals surface area contributed by atoms with Crippen molar-refractivity contribution in [1.29, 1.82) is 0 Å². The molecule has 2 heterocycles. The molecule has 0 fully saturated rings. The van der Waals surface area contributed by atoms with Crippen molar-refractivity contribution in [2.24, 2.45) is 0 Å². The lowest BCUT2D eigenvalue weighted by molar-refractivity contribution is -0.234. The molecule has 1 aromatic heterocycles. The van der Waals surface area contributed by atoms with Gasteiger partial charge in [0.2, 0.25) is 0 Å². The van der Waals surface area contributed by atoms with Gasteiger partial charge in [-0.3, -0.25) is 0 Å². The van der Waals surface area contributed by atoms with Crippen molar-refractivity contribution in [2.45, 2.75) is 38.8 Å². The molecular formula is C16H19N2O. The van der Waals surface area contributed by atoms with Crippen LogP contribution < -0.4 is 0 Å². The normalized spacial score (nSPS) is 21.8. The number of hydrogen-bond donors (Lipinski definition) is 1. The molecule has 0 saturated carbocycles. The lowest BCUT2D eigenvalue weighted by atomic mass is 9.94. The second-order valence-electron chi connectivity index (χ2n) is 6.34. The first-order valence-electron chi connectivity index (χ1n) is 6.61. The summed E-state index contributed by atoms with van der Waals surface area (Å²) in [5, 5.41) is 14.8. The predicted octanol–water partition coefficient (Wildman–Crippen LogP) is 3.77. The number of rotatable bonds is 1. The number of benzene rings is 1. The van der Waals surface area contributed by atoms with E-state index in [1.54, 1.807) is 0 Å². The molecule has 1 N–H and O–H groups in total. The van der Waals surface area contributed by atoms with Crippen molar-refractivity contribution in [3.63, 3.8) is 0 Å². The van der Waals surface area contributed by atoms with Gasteiger partial charge in [-0.1, -0.05) is 24.3 Å². The molecule has 0 aliphatic carbocycles. The van der Waals surface area contributed by atoms with E-state index >= 15 is 0 Å². The van der Waals surface area contributed by atoms with Crippen LogP contribution in [0.15, 0.2) is 36.4 Å². The van der Waals surface area contributed by atoms with Crippen LogP contribution in [0.1, 0.15) is 33.4 Å². The lowest BCUT2D eigenvalue weighted by Crippen LogP contribution is -2.46. The Morgan fingerprint density at radius 2 is 1.79 bits per heavy atom. The van der Waals surface area contributed by atoms with Gasteiger partial charge < -0.3 is 4.98 Å². The number of hydroxylamine groups is 2. The molecule has 0 bridgehead atoms. The Kier molecular flexibility index (Phi) is 2.43. The van der Waals surface area contributed by atoms with Crippen LogP contribution in [-0.2, 0) is 5.21 Å². The molecule has 0 atom stereocenters. The third kappa shape index (κ3) is 1.73. The summed E-state index contributed by atoms with van der Waals surface area (Å²) < 4.78 is 0. The second-order valence-corrected chi connectivity index (χ2v) is 6.34. The maximum atomic E-state index is 12.4. The number of H-pyrrole nitrogens is 1. The van der Waals surface area contributed by atoms with Crippen LogP contribution in [-0.4, -0.2) is 21.1 Å². The average molecular weight is 255 g/mol. The summed E-state index contributed by atoms with van der Waals surface area (Å²) in [6.45, 7) is 7.87. The Labute approximate surface area is 113 Å².